The van der Waals surface area contributed by atoms with E-state index in [2.05, 4.69) is 104 Å². The first-order chi connectivity index (χ1) is 28.6. The van der Waals surface area contributed by atoms with Gasteiger partial charge in [-0.15, -0.1) is 11.8 Å². The highest BCUT2D eigenvalue weighted by molar-refractivity contribution is 8.00. The highest BCUT2D eigenvalue weighted by atomic mass is 32.2. The first-order valence-corrected chi connectivity index (χ1v) is 21.1. The van der Waals surface area contributed by atoms with Gasteiger partial charge in [-0.3, -0.25) is 0 Å². The van der Waals surface area contributed by atoms with Crippen LogP contribution in [0.3, 0.4) is 0 Å². The first-order valence-electron chi connectivity index (χ1n) is 20.2. The lowest BCUT2D eigenvalue weighted by molar-refractivity contribution is -0.160. The Morgan fingerprint density at radius 2 is 1.03 bits per heavy atom. The molecule has 5 atom stereocenters. The number of methoxy groups -OCH3 is 1. The largest absolute Gasteiger partial charge is 0.496 e. The monoisotopic (exact) mass is 794 g/mol. The van der Waals surface area contributed by atoms with Gasteiger partial charge in [0.1, 0.15) is 29.8 Å². The number of hydrogen-bond donors (Lipinski definition) is 0. The Balaban J connectivity index is 1.29. The molecule has 1 aliphatic heterocycles. The van der Waals surface area contributed by atoms with E-state index in [1.54, 1.807) is 7.11 Å². The summed E-state index contributed by atoms with van der Waals surface area (Å²) < 4.78 is 39.8. The molecule has 1 saturated heterocycles. The molecule has 0 radical (unpaired) electrons. The minimum atomic E-state index is -0.454. The zero-order chi connectivity index (χ0) is 39.9. The highest BCUT2D eigenvalue weighted by Crippen LogP contribution is 2.50. The first kappa shape index (κ1) is 41.3. The standard InChI is InChI=1S/C51H54O6S/c1-4-54-44-27-25-38(26-28-44)30-43-31-45(46(52-3)29-37(43)2)51-50(57-35-42-23-15-8-16-24-42)49(56-34-41-21-13-7-14-22-41)48(55-33-40-19-11-6-12-20-40)47(58-51)36-53-32-39-17-9-5-10-18-39/h5-29,31,47-51H,4,30,32-36H2,1-3H3/t47-,48-,49+,50-,51?/m1/s1. The van der Waals surface area contributed by atoms with E-state index in [1.165, 1.54) is 16.7 Å². The van der Waals surface area contributed by atoms with Gasteiger partial charge in [0.25, 0.3) is 0 Å². The van der Waals surface area contributed by atoms with Crippen LogP contribution in [0.25, 0.3) is 0 Å². The molecule has 0 spiro atoms. The predicted octanol–water partition coefficient (Wildman–Crippen LogP) is 11.1. The maximum absolute atomic E-state index is 7.13. The molecule has 7 rings (SSSR count). The number of hydrogen-bond acceptors (Lipinski definition) is 7. The lowest BCUT2D eigenvalue weighted by Gasteiger charge is -2.46. The van der Waals surface area contributed by atoms with Crippen molar-refractivity contribution in [3.05, 3.63) is 202 Å². The van der Waals surface area contributed by atoms with Crippen molar-refractivity contribution in [3.8, 4) is 11.5 Å². The number of thioether (sulfide) groups is 1. The van der Waals surface area contributed by atoms with Crippen LogP contribution in [0.4, 0.5) is 0 Å². The molecule has 1 aliphatic rings. The highest BCUT2D eigenvalue weighted by Gasteiger charge is 2.49. The molecule has 0 N–H and O–H groups in total. The SMILES string of the molecule is CCOc1ccc(Cc2cc(C3S[C@H](COCc4ccccc4)[C@@H](OCc4ccccc4)[C@H](OCc4ccccc4)[C@H]3OCc3ccccc3)c(OC)cc2C)cc1. The summed E-state index contributed by atoms with van der Waals surface area (Å²) in [6.07, 6.45) is -0.455. The molecule has 1 fully saturated rings. The second kappa shape index (κ2) is 21.2. The van der Waals surface area contributed by atoms with E-state index in [-0.39, 0.29) is 16.6 Å². The topological polar surface area (TPSA) is 55.4 Å². The second-order valence-electron chi connectivity index (χ2n) is 14.7. The minimum absolute atomic E-state index is 0.102. The van der Waals surface area contributed by atoms with Crippen LogP contribution in [-0.2, 0) is 51.8 Å². The molecular weight excluding hydrogens is 741 g/mol. The Labute approximate surface area is 348 Å². The van der Waals surface area contributed by atoms with Crippen molar-refractivity contribution in [2.45, 2.75) is 75.5 Å². The Morgan fingerprint density at radius 1 is 0.534 bits per heavy atom. The van der Waals surface area contributed by atoms with Crippen LogP contribution in [0, 0.1) is 6.92 Å². The van der Waals surface area contributed by atoms with Crippen LogP contribution in [0.1, 0.15) is 56.7 Å². The summed E-state index contributed by atoms with van der Waals surface area (Å²) in [5, 5.41) is -0.281. The normalized spacial score (nSPS) is 19.1. The molecule has 0 saturated carbocycles. The van der Waals surface area contributed by atoms with Gasteiger partial charge in [0.15, 0.2) is 0 Å². The van der Waals surface area contributed by atoms with Gasteiger partial charge in [0.2, 0.25) is 0 Å². The average molecular weight is 795 g/mol. The molecular formula is C51H54O6S. The molecule has 1 heterocycles. The Bertz CT molecular complexity index is 2100. The average Bonchev–Trinajstić information content (AvgIpc) is 3.27. The van der Waals surface area contributed by atoms with Crippen molar-refractivity contribution in [2.75, 3.05) is 20.3 Å². The van der Waals surface area contributed by atoms with Gasteiger partial charge >= 0.3 is 0 Å². The van der Waals surface area contributed by atoms with E-state index < -0.39 is 12.2 Å². The maximum atomic E-state index is 7.13. The fourth-order valence-electron chi connectivity index (χ4n) is 7.46. The molecule has 0 amide bonds. The number of rotatable bonds is 19. The molecule has 6 aromatic rings. The van der Waals surface area contributed by atoms with Gasteiger partial charge in [-0.25, -0.2) is 0 Å². The summed E-state index contributed by atoms with van der Waals surface area (Å²) in [4.78, 5) is 0. The Hall–Kier alpha value is -4.89. The van der Waals surface area contributed by atoms with Crippen LogP contribution >= 0.6 is 11.8 Å². The molecule has 300 valence electrons. The zero-order valence-corrected chi connectivity index (χ0v) is 34.5. The summed E-state index contributed by atoms with van der Waals surface area (Å²) in [6, 6.07) is 54.2. The van der Waals surface area contributed by atoms with Crippen molar-refractivity contribution >= 4 is 11.8 Å². The Kier molecular flexibility index (Phi) is 15.1. The molecule has 0 aromatic heterocycles. The fourth-order valence-corrected chi connectivity index (χ4v) is 9.12. The van der Waals surface area contributed by atoms with Crippen LogP contribution < -0.4 is 9.47 Å². The van der Waals surface area contributed by atoms with Gasteiger partial charge in [0.05, 0.1) is 57.3 Å². The van der Waals surface area contributed by atoms with Crippen molar-refractivity contribution in [2.24, 2.45) is 0 Å². The lowest BCUT2D eigenvalue weighted by atomic mass is 9.91. The molecule has 0 aliphatic carbocycles. The molecule has 0 bridgehead atoms. The van der Waals surface area contributed by atoms with Crippen molar-refractivity contribution in [1.82, 2.24) is 0 Å². The molecule has 7 heteroatoms. The fraction of sp³-hybridized carbons (Fsp3) is 0.294. The van der Waals surface area contributed by atoms with Gasteiger partial charge in [-0.05, 0) is 77.4 Å². The third-order valence-electron chi connectivity index (χ3n) is 10.5. The maximum Gasteiger partial charge on any atom is 0.123 e. The van der Waals surface area contributed by atoms with E-state index >= 15 is 0 Å². The van der Waals surface area contributed by atoms with E-state index in [0.29, 0.717) is 39.6 Å². The Morgan fingerprint density at radius 3 is 1.55 bits per heavy atom. The van der Waals surface area contributed by atoms with E-state index in [1.807, 2.05) is 79.3 Å². The van der Waals surface area contributed by atoms with Crippen molar-refractivity contribution < 1.29 is 28.4 Å². The smallest absolute Gasteiger partial charge is 0.123 e. The summed E-state index contributed by atoms with van der Waals surface area (Å²) >= 11 is 1.84. The van der Waals surface area contributed by atoms with Crippen LogP contribution in [0.2, 0.25) is 0 Å². The quantitative estimate of drug-likeness (QED) is 0.0809. The van der Waals surface area contributed by atoms with Crippen LogP contribution in [0.15, 0.2) is 158 Å². The van der Waals surface area contributed by atoms with Gasteiger partial charge in [-0.2, -0.15) is 0 Å². The minimum Gasteiger partial charge on any atom is -0.496 e. The molecule has 6 aromatic carbocycles. The predicted molar refractivity (Wildman–Crippen MR) is 233 cm³/mol. The van der Waals surface area contributed by atoms with E-state index in [4.69, 9.17) is 28.4 Å². The molecule has 6 nitrogen and oxygen atoms in total. The third kappa shape index (κ3) is 11.2. The number of aryl methyl sites for hydroxylation is 1. The zero-order valence-electron chi connectivity index (χ0n) is 33.7. The van der Waals surface area contributed by atoms with Gasteiger partial charge < -0.3 is 28.4 Å². The second-order valence-corrected chi connectivity index (χ2v) is 16.0. The lowest BCUT2D eigenvalue weighted by Crippen LogP contribution is -2.54. The number of ether oxygens (including phenoxy) is 6. The number of benzene rings is 6. The van der Waals surface area contributed by atoms with E-state index in [9.17, 15) is 0 Å². The summed E-state index contributed by atoms with van der Waals surface area (Å²) in [5.74, 6) is 1.70. The summed E-state index contributed by atoms with van der Waals surface area (Å²) in [6.45, 7) is 7.02. The van der Waals surface area contributed by atoms with Crippen LogP contribution in [0.5, 0.6) is 11.5 Å². The molecule has 58 heavy (non-hydrogen) atoms. The third-order valence-corrected chi connectivity index (χ3v) is 12.1. The van der Waals surface area contributed by atoms with E-state index in [0.717, 1.165) is 45.7 Å². The van der Waals surface area contributed by atoms with Crippen molar-refractivity contribution in [3.63, 3.8) is 0 Å². The summed E-state index contributed by atoms with van der Waals surface area (Å²) in [5.41, 5.74) is 9.08. The van der Waals surface area contributed by atoms with Gasteiger partial charge in [-0.1, -0.05) is 140 Å². The summed E-state index contributed by atoms with van der Waals surface area (Å²) in [7, 11) is 1.76. The molecule has 1 unspecified atom stereocenters. The van der Waals surface area contributed by atoms with Gasteiger partial charge in [0, 0.05) is 5.56 Å². The van der Waals surface area contributed by atoms with Crippen molar-refractivity contribution in [1.29, 1.82) is 0 Å². The van der Waals surface area contributed by atoms with Crippen LogP contribution in [-0.4, -0.2) is 43.9 Å².